The van der Waals surface area contributed by atoms with Gasteiger partial charge in [0, 0.05) is 5.56 Å². The largest absolute Gasteiger partial charge is 0.291 e. The molecule has 0 saturated carbocycles. The summed E-state index contributed by atoms with van der Waals surface area (Å²) in [7, 11) is -3.62. The van der Waals surface area contributed by atoms with Gasteiger partial charge in [-0.3, -0.25) is 8.98 Å². The highest BCUT2D eigenvalue weighted by Crippen LogP contribution is 2.13. The van der Waals surface area contributed by atoms with Gasteiger partial charge in [0.25, 0.3) is 10.1 Å². The van der Waals surface area contributed by atoms with Gasteiger partial charge in [0.2, 0.25) is 0 Å². The van der Waals surface area contributed by atoms with Crippen molar-refractivity contribution >= 4 is 15.9 Å². The molecule has 94 valence electrons. The number of Topliss-reactive ketones (excluding diaryl/α,β-unsaturated/α-hetero) is 1. The van der Waals surface area contributed by atoms with Crippen molar-refractivity contribution in [2.24, 2.45) is 0 Å². The lowest BCUT2D eigenvalue weighted by Gasteiger charge is -2.14. The quantitative estimate of drug-likeness (QED) is 0.577. The van der Waals surface area contributed by atoms with Crippen LogP contribution < -0.4 is 0 Å². The van der Waals surface area contributed by atoms with Crippen molar-refractivity contribution < 1.29 is 17.4 Å². The minimum atomic E-state index is -3.62. The molecule has 0 aromatic heterocycles. The van der Waals surface area contributed by atoms with Gasteiger partial charge in [0.1, 0.15) is 6.10 Å². The van der Waals surface area contributed by atoms with E-state index in [9.17, 15) is 13.2 Å². The zero-order chi connectivity index (χ0) is 12.9. The summed E-state index contributed by atoms with van der Waals surface area (Å²) in [6.07, 6.45) is 1.10. The minimum Gasteiger partial charge on any atom is -0.291 e. The summed E-state index contributed by atoms with van der Waals surface area (Å²) in [5.41, 5.74) is 0.467. The first kappa shape index (κ1) is 13.9. The Hall–Kier alpha value is -1.20. The van der Waals surface area contributed by atoms with E-state index in [4.69, 9.17) is 4.18 Å². The Kier molecular flexibility index (Phi) is 4.84. The summed E-state index contributed by atoms with van der Waals surface area (Å²) in [5, 5.41) is 0. The molecular weight excluding hydrogens is 240 g/mol. The Balaban J connectivity index is 2.88. The molecule has 1 aromatic carbocycles. The molecule has 4 nitrogen and oxygen atoms in total. The average Bonchev–Trinajstić information content (AvgIpc) is 2.27. The maximum atomic E-state index is 12.0. The van der Waals surface area contributed by atoms with Crippen molar-refractivity contribution in [3.63, 3.8) is 0 Å². The Labute approximate surface area is 102 Å². The third-order valence-corrected chi connectivity index (χ3v) is 2.77. The Bertz CT molecular complexity index is 465. The number of hydrogen-bond donors (Lipinski definition) is 0. The Morgan fingerprint density at radius 1 is 1.29 bits per heavy atom. The SMILES string of the molecule is CCCC(OS(C)(=O)=O)C(=O)c1ccccc1. The van der Waals surface area contributed by atoms with E-state index in [0.29, 0.717) is 18.4 Å². The molecule has 1 aromatic rings. The maximum Gasteiger partial charge on any atom is 0.265 e. The molecule has 1 unspecified atom stereocenters. The predicted octanol–water partition coefficient (Wildman–Crippen LogP) is 2.01. The highest BCUT2D eigenvalue weighted by molar-refractivity contribution is 7.86. The molecule has 17 heavy (non-hydrogen) atoms. The van der Waals surface area contributed by atoms with E-state index < -0.39 is 16.2 Å². The van der Waals surface area contributed by atoms with Gasteiger partial charge in [-0.1, -0.05) is 43.7 Å². The summed E-state index contributed by atoms with van der Waals surface area (Å²) >= 11 is 0. The lowest BCUT2D eigenvalue weighted by Crippen LogP contribution is -2.27. The summed E-state index contributed by atoms with van der Waals surface area (Å²) < 4.78 is 27.0. The number of benzene rings is 1. The topological polar surface area (TPSA) is 60.4 Å². The molecule has 0 aliphatic carbocycles. The van der Waals surface area contributed by atoms with Crippen LogP contribution in [0.15, 0.2) is 30.3 Å². The lowest BCUT2D eigenvalue weighted by atomic mass is 10.0. The second-order valence-electron chi connectivity index (χ2n) is 3.81. The van der Waals surface area contributed by atoms with Crippen molar-refractivity contribution in [2.45, 2.75) is 25.9 Å². The molecule has 0 bridgehead atoms. The first-order valence-corrected chi connectivity index (χ1v) is 7.23. The van der Waals surface area contributed by atoms with E-state index in [0.717, 1.165) is 6.26 Å². The van der Waals surface area contributed by atoms with Gasteiger partial charge < -0.3 is 0 Å². The van der Waals surface area contributed by atoms with Crippen LogP contribution in [0.5, 0.6) is 0 Å². The van der Waals surface area contributed by atoms with Gasteiger partial charge >= 0.3 is 0 Å². The van der Waals surface area contributed by atoms with Crippen molar-refractivity contribution in [1.82, 2.24) is 0 Å². The first-order chi connectivity index (χ1) is 7.94. The molecule has 1 rings (SSSR count). The molecular formula is C12H16O4S. The summed E-state index contributed by atoms with van der Waals surface area (Å²) in [5.74, 6) is -0.294. The van der Waals surface area contributed by atoms with Gasteiger partial charge in [0.15, 0.2) is 5.78 Å². The van der Waals surface area contributed by atoms with Gasteiger partial charge in [-0.25, -0.2) is 0 Å². The molecule has 0 radical (unpaired) electrons. The van der Waals surface area contributed by atoms with Crippen molar-refractivity contribution in [3.8, 4) is 0 Å². The van der Waals surface area contributed by atoms with E-state index in [-0.39, 0.29) is 5.78 Å². The van der Waals surface area contributed by atoms with Gasteiger partial charge in [0.05, 0.1) is 6.26 Å². The molecule has 0 aliphatic heterocycles. The first-order valence-electron chi connectivity index (χ1n) is 5.41. The van der Waals surface area contributed by atoms with Crippen LogP contribution in [0.1, 0.15) is 30.1 Å². The van der Waals surface area contributed by atoms with E-state index in [2.05, 4.69) is 0 Å². The highest BCUT2D eigenvalue weighted by Gasteiger charge is 2.23. The van der Waals surface area contributed by atoms with E-state index in [1.807, 2.05) is 6.92 Å². The normalized spacial score (nSPS) is 13.3. The number of carbonyl (C=O) groups is 1. The van der Waals surface area contributed by atoms with Crippen LogP contribution in [-0.2, 0) is 14.3 Å². The molecule has 0 fully saturated rings. The highest BCUT2D eigenvalue weighted by atomic mass is 32.2. The van der Waals surface area contributed by atoms with E-state index in [1.54, 1.807) is 30.3 Å². The van der Waals surface area contributed by atoms with Crippen LogP contribution in [-0.4, -0.2) is 26.6 Å². The van der Waals surface area contributed by atoms with Gasteiger partial charge in [-0.15, -0.1) is 0 Å². The Morgan fingerprint density at radius 2 is 1.88 bits per heavy atom. The maximum absolute atomic E-state index is 12.0. The van der Waals surface area contributed by atoms with Gasteiger partial charge in [-0.05, 0) is 6.42 Å². The summed E-state index contributed by atoms with van der Waals surface area (Å²) in [4.78, 5) is 12.0. The lowest BCUT2D eigenvalue weighted by molar-refractivity contribution is 0.0788. The van der Waals surface area contributed by atoms with E-state index >= 15 is 0 Å². The number of hydrogen-bond acceptors (Lipinski definition) is 4. The van der Waals surface area contributed by atoms with Crippen molar-refractivity contribution in [2.75, 3.05) is 6.26 Å². The molecule has 0 N–H and O–H groups in total. The average molecular weight is 256 g/mol. The molecule has 5 heteroatoms. The van der Waals surface area contributed by atoms with E-state index in [1.165, 1.54) is 0 Å². The van der Waals surface area contributed by atoms with Gasteiger partial charge in [-0.2, -0.15) is 8.42 Å². The predicted molar refractivity (Wildman–Crippen MR) is 65.4 cm³/mol. The minimum absolute atomic E-state index is 0.294. The standard InChI is InChI=1S/C12H16O4S/c1-3-7-11(16-17(2,14)15)12(13)10-8-5-4-6-9-10/h4-6,8-9,11H,3,7H2,1-2H3. The fourth-order valence-electron chi connectivity index (χ4n) is 1.48. The third kappa shape index (κ3) is 4.66. The molecule has 0 heterocycles. The molecule has 0 aliphatic rings. The third-order valence-electron chi connectivity index (χ3n) is 2.19. The molecule has 0 spiro atoms. The molecule has 0 amide bonds. The number of carbonyl (C=O) groups excluding carboxylic acids is 1. The second-order valence-corrected chi connectivity index (χ2v) is 5.41. The molecule has 1 atom stereocenters. The molecule has 0 saturated heterocycles. The number of rotatable bonds is 6. The zero-order valence-corrected chi connectivity index (χ0v) is 10.7. The monoisotopic (exact) mass is 256 g/mol. The van der Waals surface area contributed by atoms with Crippen LogP contribution in [0.2, 0.25) is 0 Å². The van der Waals surface area contributed by atoms with Crippen LogP contribution >= 0.6 is 0 Å². The summed E-state index contributed by atoms with van der Waals surface area (Å²) in [6, 6.07) is 8.56. The fourth-order valence-corrected chi connectivity index (χ4v) is 2.09. The van der Waals surface area contributed by atoms with Crippen LogP contribution in [0.25, 0.3) is 0 Å². The smallest absolute Gasteiger partial charge is 0.265 e. The van der Waals surface area contributed by atoms with Crippen LogP contribution in [0.3, 0.4) is 0 Å². The summed E-state index contributed by atoms with van der Waals surface area (Å²) in [6.45, 7) is 1.87. The second kappa shape index (κ2) is 5.93. The van der Waals surface area contributed by atoms with Crippen molar-refractivity contribution in [3.05, 3.63) is 35.9 Å². The van der Waals surface area contributed by atoms with Crippen LogP contribution in [0.4, 0.5) is 0 Å². The number of ketones is 1. The van der Waals surface area contributed by atoms with Crippen LogP contribution in [0, 0.1) is 0 Å². The van der Waals surface area contributed by atoms with Crippen molar-refractivity contribution in [1.29, 1.82) is 0 Å². The fraction of sp³-hybridized carbons (Fsp3) is 0.417. The Morgan fingerprint density at radius 3 is 2.35 bits per heavy atom. The zero-order valence-electron chi connectivity index (χ0n) is 9.92.